The van der Waals surface area contributed by atoms with Gasteiger partial charge in [0.1, 0.15) is 0 Å². The zero-order chi connectivity index (χ0) is 14.6. The molecular weight excluding hydrogens is 278 g/mol. The van der Waals surface area contributed by atoms with Crippen LogP contribution in [0.1, 0.15) is 23.2 Å². The minimum absolute atomic E-state index is 0.0908. The maximum atomic E-state index is 12.1. The van der Waals surface area contributed by atoms with Crippen LogP contribution < -0.4 is 0 Å². The van der Waals surface area contributed by atoms with E-state index in [4.69, 9.17) is 4.18 Å². The molecule has 1 heterocycles. The van der Waals surface area contributed by atoms with Crippen molar-refractivity contribution in [1.29, 1.82) is 0 Å². The first-order valence-electron chi connectivity index (χ1n) is 6.63. The summed E-state index contributed by atoms with van der Waals surface area (Å²) in [6.07, 6.45) is 2.08. The van der Waals surface area contributed by atoms with Gasteiger partial charge in [0, 0.05) is 18.7 Å². The van der Waals surface area contributed by atoms with Gasteiger partial charge in [-0.25, -0.2) is 0 Å². The Morgan fingerprint density at radius 1 is 1.25 bits per heavy atom. The molecule has 2 rings (SSSR count). The number of carbonyl (C=O) groups excluding carboxylic acids is 1. The van der Waals surface area contributed by atoms with Crippen molar-refractivity contribution < 1.29 is 17.4 Å². The van der Waals surface area contributed by atoms with Gasteiger partial charge >= 0.3 is 0 Å². The molecule has 1 aliphatic heterocycles. The fourth-order valence-corrected chi connectivity index (χ4v) is 3.02. The molecule has 1 aromatic rings. The van der Waals surface area contributed by atoms with E-state index in [1.807, 2.05) is 35.2 Å². The topological polar surface area (TPSA) is 63.7 Å². The molecule has 1 saturated heterocycles. The predicted octanol–water partition coefficient (Wildman–Crippen LogP) is 1.31. The van der Waals surface area contributed by atoms with E-state index in [0.29, 0.717) is 38.0 Å². The SMILES string of the molecule is CS(=O)(=O)OC1CCN(CC(=O)c2ccccc2)CC1. The molecule has 6 heteroatoms. The smallest absolute Gasteiger partial charge is 0.264 e. The first kappa shape index (κ1) is 15.2. The van der Waals surface area contributed by atoms with Crippen molar-refractivity contribution in [2.75, 3.05) is 25.9 Å². The third-order valence-corrected chi connectivity index (χ3v) is 3.93. The number of likely N-dealkylation sites (tertiary alicyclic amines) is 1. The summed E-state index contributed by atoms with van der Waals surface area (Å²) in [5, 5.41) is 0. The van der Waals surface area contributed by atoms with Crippen LogP contribution in [0.25, 0.3) is 0 Å². The van der Waals surface area contributed by atoms with Gasteiger partial charge in [0.05, 0.1) is 18.9 Å². The van der Waals surface area contributed by atoms with Crippen LogP contribution in [-0.4, -0.2) is 51.1 Å². The van der Waals surface area contributed by atoms with Crippen LogP contribution in [0.2, 0.25) is 0 Å². The molecule has 0 amide bonds. The number of Topliss-reactive ketones (excluding diaryl/α,β-unsaturated/α-hetero) is 1. The Morgan fingerprint density at radius 3 is 2.40 bits per heavy atom. The van der Waals surface area contributed by atoms with Crippen LogP contribution in [0.15, 0.2) is 30.3 Å². The summed E-state index contributed by atoms with van der Waals surface area (Å²) in [5.74, 6) is 0.0908. The molecule has 1 fully saturated rings. The van der Waals surface area contributed by atoms with Crippen LogP contribution in [0.5, 0.6) is 0 Å². The third kappa shape index (κ3) is 4.70. The maximum absolute atomic E-state index is 12.1. The van der Waals surface area contributed by atoms with Crippen LogP contribution >= 0.6 is 0 Å². The molecule has 1 aromatic carbocycles. The molecular formula is C14H19NO4S. The molecule has 0 N–H and O–H groups in total. The van der Waals surface area contributed by atoms with E-state index in [9.17, 15) is 13.2 Å². The lowest BCUT2D eigenvalue weighted by molar-refractivity contribution is 0.0806. The highest BCUT2D eigenvalue weighted by atomic mass is 32.2. The predicted molar refractivity (Wildman–Crippen MR) is 76.2 cm³/mol. The number of rotatable bonds is 5. The lowest BCUT2D eigenvalue weighted by atomic mass is 10.1. The van der Waals surface area contributed by atoms with E-state index in [2.05, 4.69) is 0 Å². The van der Waals surface area contributed by atoms with Gasteiger partial charge in [-0.15, -0.1) is 0 Å². The van der Waals surface area contributed by atoms with Crippen molar-refractivity contribution in [1.82, 2.24) is 4.90 Å². The molecule has 1 aliphatic rings. The molecule has 0 radical (unpaired) electrons. The van der Waals surface area contributed by atoms with Crippen molar-refractivity contribution in [3.63, 3.8) is 0 Å². The summed E-state index contributed by atoms with van der Waals surface area (Å²) in [7, 11) is -3.39. The highest BCUT2D eigenvalue weighted by Gasteiger charge is 2.24. The van der Waals surface area contributed by atoms with E-state index in [-0.39, 0.29) is 11.9 Å². The fourth-order valence-electron chi connectivity index (χ4n) is 2.33. The van der Waals surface area contributed by atoms with Gasteiger partial charge in [-0.3, -0.25) is 13.9 Å². The van der Waals surface area contributed by atoms with Crippen molar-refractivity contribution >= 4 is 15.9 Å². The Morgan fingerprint density at radius 2 is 1.85 bits per heavy atom. The van der Waals surface area contributed by atoms with Crippen LogP contribution in [0, 0.1) is 0 Å². The largest absolute Gasteiger partial charge is 0.296 e. The molecule has 5 nitrogen and oxygen atoms in total. The summed E-state index contributed by atoms with van der Waals surface area (Å²) >= 11 is 0. The van der Waals surface area contributed by atoms with Crippen LogP contribution in [0.3, 0.4) is 0 Å². The molecule has 0 atom stereocenters. The molecule has 0 aromatic heterocycles. The Kier molecular flexibility index (Phi) is 4.91. The Balaban J connectivity index is 1.82. The van der Waals surface area contributed by atoms with E-state index >= 15 is 0 Å². The minimum Gasteiger partial charge on any atom is -0.296 e. The van der Waals surface area contributed by atoms with E-state index in [1.165, 1.54) is 0 Å². The highest BCUT2D eigenvalue weighted by molar-refractivity contribution is 7.86. The van der Waals surface area contributed by atoms with Crippen molar-refractivity contribution in [2.24, 2.45) is 0 Å². The van der Waals surface area contributed by atoms with Crippen LogP contribution in [0.4, 0.5) is 0 Å². The fraction of sp³-hybridized carbons (Fsp3) is 0.500. The Labute approximate surface area is 119 Å². The Bertz CT molecular complexity index is 548. The number of ketones is 1. The monoisotopic (exact) mass is 297 g/mol. The summed E-state index contributed by atoms with van der Waals surface area (Å²) < 4.78 is 27.1. The standard InChI is InChI=1S/C14H19NO4S/c1-20(17,18)19-13-7-9-15(10-8-13)11-14(16)12-5-3-2-4-6-12/h2-6,13H,7-11H2,1H3. The number of hydrogen-bond donors (Lipinski definition) is 0. The van der Waals surface area contributed by atoms with Gasteiger partial charge in [-0.2, -0.15) is 8.42 Å². The second-order valence-electron chi connectivity index (χ2n) is 5.07. The minimum atomic E-state index is -3.39. The summed E-state index contributed by atoms with van der Waals surface area (Å²) in [6.45, 7) is 1.73. The quantitative estimate of drug-likeness (QED) is 0.605. The lowest BCUT2D eigenvalue weighted by Crippen LogP contribution is -2.40. The first-order valence-corrected chi connectivity index (χ1v) is 8.44. The van der Waals surface area contributed by atoms with E-state index in [0.717, 1.165) is 6.26 Å². The average Bonchev–Trinajstić information content (AvgIpc) is 2.40. The summed E-state index contributed by atoms with van der Waals surface area (Å²) in [4.78, 5) is 14.1. The molecule has 110 valence electrons. The van der Waals surface area contributed by atoms with Crippen molar-refractivity contribution in [3.8, 4) is 0 Å². The van der Waals surface area contributed by atoms with Gasteiger partial charge < -0.3 is 0 Å². The second kappa shape index (κ2) is 6.47. The maximum Gasteiger partial charge on any atom is 0.264 e. The molecule has 0 aliphatic carbocycles. The summed E-state index contributed by atoms with van der Waals surface area (Å²) in [5.41, 5.74) is 0.710. The van der Waals surface area contributed by atoms with E-state index < -0.39 is 10.1 Å². The highest BCUT2D eigenvalue weighted by Crippen LogP contribution is 2.16. The average molecular weight is 297 g/mol. The van der Waals surface area contributed by atoms with Crippen molar-refractivity contribution in [2.45, 2.75) is 18.9 Å². The van der Waals surface area contributed by atoms with Gasteiger partial charge in [0.15, 0.2) is 5.78 Å². The third-order valence-electron chi connectivity index (χ3n) is 3.31. The van der Waals surface area contributed by atoms with Gasteiger partial charge in [-0.1, -0.05) is 30.3 Å². The number of nitrogens with zero attached hydrogens (tertiary/aromatic N) is 1. The molecule has 0 bridgehead atoms. The lowest BCUT2D eigenvalue weighted by Gasteiger charge is -2.30. The number of carbonyl (C=O) groups is 1. The second-order valence-corrected chi connectivity index (χ2v) is 6.67. The van der Waals surface area contributed by atoms with Gasteiger partial charge in [0.25, 0.3) is 10.1 Å². The molecule has 0 unspecified atom stereocenters. The normalized spacial score (nSPS) is 18.1. The molecule has 0 spiro atoms. The zero-order valence-corrected chi connectivity index (χ0v) is 12.3. The van der Waals surface area contributed by atoms with Gasteiger partial charge in [-0.05, 0) is 12.8 Å². The Hall–Kier alpha value is -1.24. The molecule has 20 heavy (non-hydrogen) atoms. The summed E-state index contributed by atoms with van der Waals surface area (Å²) in [6, 6.07) is 9.19. The van der Waals surface area contributed by atoms with Crippen LogP contribution in [-0.2, 0) is 14.3 Å². The zero-order valence-electron chi connectivity index (χ0n) is 11.5. The number of hydrogen-bond acceptors (Lipinski definition) is 5. The van der Waals surface area contributed by atoms with Gasteiger partial charge in [0.2, 0.25) is 0 Å². The number of benzene rings is 1. The van der Waals surface area contributed by atoms with E-state index in [1.54, 1.807) is 0 Å². The number of piperidine rings is 1. The molecule has 0 saturated carbocycles. The first-order chi connectivity index (χ1) is 9.44. The van der Waals surface area contributed by atoms with Crippen molar-refractivity contribution in [3.05, 3.63) is 35.9 Å².